The number of hydrogen-bond acceptors (Lipinski definition) is 1. The summed E-state index contributed by atoms with van der Waals surface area (Å²) in [6.07, 6.45) is 0. The minimum atomic E-state index is -0.877. The van der Waals surface area contributed by atoms with Gasteiger partial charge in [0.2, 0.25) is 0 Å². The number of carboxylic acid groups (broad SMARTS) is 1. The van der Waals surface area contributed by atoms with Gasteiger partial charge in [-0.05, 0) is 27.6 Å². The molecule has 3 heteroatoms. The van der Waals surface area contributed by atoms with Crippen molar-refractivity contribution in [2.45, 2.75) is 0 Å². The first-order chi connectivity index (χ1) is 8.27. The second-order valence-electron chi connectivity index (χ2n) is 4.00. The van der Waals surface area contributed by atoms with Gasteiger partial charge in [-0.2, -0.15) is 0 Å². The molecule has 0 spiro atoms. The predicted molar refractivity (Wildman–Crippen MR) is 76.4 cm³/mol. The van der Waals surface area contributed by atoms with Crippen molar-refractivity contribution in [3.05, 3.63) is 60.2 Å². The number of carboxylic acids is 1. The summed E-state index contributed by atoms with van der Waals surface area (Å²) < 4.78 is 0. The smallest absolute Gasteiger partial charge is 1.00 e. The van der Waals surface area contributed by atoms with Gasteiger partial charge in [0.1, 0.15) is 0 Å². The molecule has 18 heavy (non-hydrogen) atoms. The van der Waals surface area contributed by atoms with E-state index in [-0.39, 0.29) is 40.6 Å². The Hall–Kier alpha value is -1.09. The molecule has 0 saturated carbocycles. The van der Waals surface area contributed by atoms with E-state index in [0.29, 0.717) is 5.56 Å². The summed E-state index contributed by atoms with van der Waals surface area (Å²) in [5.74, 6) is -0.877. The molecule has 1 N–H and O–H groups in total. The average Bonchev–Trinajstić information content (AvgIpc) is 2.35. The number of benzene rings is 3. The van der Waals surface area contributed by atoms with Crippen LogP contribution in [0.25, 0.3) is 21.5 Å². The largest absolute Gasteiger partial charge is 2.00 e. The van der Waals surface area contributed by atoms with Crippen molar-refractivity contribution >= 4 is 65.3 Å². The van der Waals surface area contributed by atoms with Gasteiger partial charge >= 0.3 is 43.7 Å². The van der Waals surface area contributed by atoms with Crippen LogP contribution < -0.4 is 0 Å². The molecule has 0 fully saturated rings. The molecule has 0 heterocycles. The number of rotatable bonds is 1. The number of aromatic carboxylic acids is 1. The zero-order chi connectivity index (χ0) is 11.8. The Kier molecular flexibility index (Phi) is 3.91. The Morgan fingerprint density at radius 2 is 1.33 bits per heavy atom. The van der Waals surface area contributed by atoms with Crippen LogP contribution in [0.3, 0.4) is 0 Å². The van der Waals surface area contributed by atoms with Gasteiger partial charge in [0, 0.05) is 0 Å². The Bertz CT molecular complexity index is 690. The molecule has 0 saturated heterocycles. The van der Waals surface area contributed by atoms with E-state index in [1.54, 1.807) is 0 Å². The van der Waals surface area contributed by atoms with Gasteiger partial charge < -0.3 is 7.96 Å². The van der Waals surface area contributed by atoms with Crippen LogP contribution >= 0.6 is 0 Å². The molecule has 0 aromatic heterocycles. The fourth-order valence-electron chi connectivity index (χ4n) is 2.24. The molecule has 86 valence electrons. The standard InChI is InChI=1S/C15H10O2.Ca.2H/c16-15(17)14-12-7-3-1-5-10(12)9-11-6-2-4-8-13(11)14;;;/h1-9H,(H,16,17);;;/q;+2;2*-1. The quantitative estimate of drug-likeness (QED) is 0.539. The van der Waals surface area contributed by atoms with Gasteiger partial charge in [0.15, 0.2) is 0 Å². The molecule has 0 amide bonds. The van der Waals surface area contributed by atoms with E-state index < -0.39 is 5.97 Å². The molecule has 0 unspecified atom stereocenters. The summed E-state index contributed by atoms with van der Waals surface area (Å²) >= 11 is 0. The summed E-state index contributed by atoms with van der Waals surface area (Å²) in [4.78, 5) is 11.4. The summed E-state index contributed by atoms with van der Waals surface area (Å²) in [7, 11) is 0. The first-order valence-corrected chi connectivity index (χ1v) is 5.41. The molecule has 0 aliphatic carbocycles. The molecular formula is C15H12CaO2. The van der Waals surface area contributed by atoms with Crippen LogP contribution in [0.5, 0.6) is 0 Å². The number of hydrogen-bond donors (Lipinski definition) is 1. The van der Waals surface area contributed by atoms with Crippen LogP contribution in [0.2, 0.25) is 0 Å². The van der Waals surface area contributed by atoms with Crippen molar-refractivity contribution in [2.75, 3.05) is 0 Å². The van der Waals surface area contributed by atoms with E-state index in [9.17, 15) is 9.90 Å². The fourth-order valence-corrected chi connectivity index (χ4v) is 2.24. The molecule has 3 aromatic rings. The van der Waals surface area contributed by atoms with E-state index in [0.717, 1.165) is 21.5 Å². The summed E-state index contributed by atoms with van der Waals surface area (Å²) in [5, 5.41) is 12.9. The number of fused-ring (bicyclic) bond motifs is 2. The minimum absolute atomic E-state index is 0. The normalized spacial score (nSPS) is 10.2. The topological polar surface area (TPSA) is 37.3 Å². The second-order valence-corrected chi connectivity index (χ2v) is 4.00. The van der Waals surface area contributed by atoms with Gasteiger partial charge in [-0.25, -0.2) is 4.79 Å². The zero-order valence-electron chi connectivity index (χ0n) is 11.8. The second kappa shape index (κ2) is 5.27. The molecule has 3 rings (SSSR count). The molecule has 0 aliphatic rings. The van der Waals surface area contributed by atoms with Crippen molar-refractivity contribution < 1.29 is 12.8 Å². The van der Waals surface area contributed by atoms with Gasteiger partial charge in [0.05, 0.1) is 5.56 Å². The molecule has 0 radical (unpaired) electrons. The van der Waals surface area contributed by atoms with Crippen LogP contribution in [0.1, 0.15) is 13.2 Å². The van der Waals surface area contributed by atoms with Crippen LogP contribution in [0.4, 0.5) is 0 Å². The Morgan fingerprint density at radius 3 is 1.78 bits per heavy atom. The van der Waals surface area contributed by atoms with Gasteiger partial charge in [-0.15, -0.1) is 0 Å². The Morgan fingerprint density at radius 1 is 0.889 bits per heavy atom. The zero-order valence-corrected chi connectivity index (χ0v) is 12.0. The van der Waals surface area contributed by atoms with Crippen LogP contribution in [0.15, 0.2) is 54.6 Å². The third-order valence-corrected chi connectivity index (χ3v) is 2.99. The van der Waals surface area contributed by atoms with Crippen molar-refractivity contribution in [1.29, 1.82) is 0 Å². The third kappa shape index (κ3) is 2.12. The maximum absolute atomic E-state index is 11.4. The van der Waals surface area contributed by atoms with E-state index in [4.69, 9.17) is 0 Å². The summed E-state index contributed by atoms with van der Waals surface area (Å²) in [5.41, 5.74) is 0.388. The number of carbonyl (C=O) groups is 1. The van der Waals surface area contributed by atoms with Crippen molar-refractivity contribution in [3.63, 3.8) is 0 Å². The predicted octanol–water partition coefficient (Wildman–Crippen LogP) is 3.54. The summed E-state index contributed by atoms with van der Waals surface area (Å²) in [6, 6.07) is 17.2. The Balaban J connectivity index is 0.00000120. The fraction of sp³-hybridized carbons (Fsp3) is 0. The van der Waals surface area contributed by atoms with Crippen LogP contribution in [0, 0.1) is 0 Å². The maximum atomic E-state index is 11.4. The van der Waals surface area contributed by atoms with E-state index in [1.165, 1.54) is 0 Å². The third-order valence-electron chi connectivity index (χ3n) is 2.99. The molecule has 3 aromatic carbocycles. The first-order valence-electron chi connectivity index (χ1n) is 5.41. The molecular weight excluding hydrogens is 252 g/mol. The minimum Gasteiger partial charge on any atom is -1.00 e. The van der Waals surface area contributed by atoms with Crippen molar-refractivity contribution in [1.82, 2.24) is 0 Å². The monoisotopic (exact) mass is 264 g/mol. The van der Waals surface area contributed by atoms with Crippen molar-refractivity contribution in [3.8, 4) is 0 Å². The molecule has 0 aliphatic heterocycles. The SMILES string of the molecule is O=C(O)c1c2ccccc2cc2ccccc12.[Ca+2].[H-].[H-]. The van der Waals surface area contributed by atoms with Crippen molar-refractivity contribution in [2.24, 2.45) is 0 Å². The van der Waals surface area contributed by atoms with Crippen LogP contribution in [-0.2, 0) is 0 Å². The van der Waals surface area contributed by atoms with E-state index in [2.05, 4.69) is 0 Å². The van der Waals surface area contributed by atoms with Gasteiger partial charge in [-0.1, -0.05) is 48.5 Å². The molecule has 2 nitrogen and oxygen atoms in total. The van der Waals surface area contributed by atoms with E-state index >= 15 is 0 Å². The molecule has 0 bridgehead atoms. The van der Waals surface area contributed by atoms with E-state index in [1.807, 2.05) is 54.6 Å². The van der Waals surface area contributed by atoms with Gasteiger partial charge in [0.25, 0.3) is 0 Å². The summed E-state index contributed by atoms with van der Waals surface area (Å²) in [6.45, 7) is 0. The Labute approximate surface area is 137 Å². The average molecular weight is 264 g/mol. The van der Waals surface area contributed by atoms with Crippen LogP contribution in [-0.4, -0.2) is 48.8 Å². The first kappa shape index (κ1) is 13.3. The van der Waals surface area contributed by atoms with Gasteiger partial charge in [-0.3, -0.25) is 0 Å². The molecule has 0 atom stereocenters. The maximum Gasteiger partial charge on any atom is 2.00 e.